The van der Waals surface area contributed by atoms with Crippen molar-refractivity contribution in [3.05, 3.63) is 33.9 Å². The summed E-state index contributed by atoms with van der Waals surface area (Å²) < 4.78 is 0. The molecular weight excluding hydrogens is 252 g/mol. The van der Waals surface area contributed by atoms with Gasteiger partial charge in [0.15, 0.2) is 0 Å². The van der Waals surface area contributed by atoms with Crippen molar-refractivity contribution in [2.75, 3.05) is 23.9 Å². The molecule has 18 heavy (non-hydrogen) atoms. The number of thioether (sulfide) groups is 1. The highest BCUT2D eigenvalue weighted by Gasteiger charge is 2.19. The van der Waals surface area contributed by atoms with Crippen LogP contribution >= 0.6 is 11.8 Å². The highest BCUT2D eigenvalue weighted by atomic mass is 32.2. The molecule has 0 fully saturated rings. The number of nitro benzene ring substituents is 1. The van der Waals surface area contributed by atoms with Crippen LogP contribution in [-0.2, 0) is 0 Å². The summed E-state index contributed by atoms with van der Waals surface area (Å²) in [7, 11) is 0. The van der Waals surface area contributed by atoms with E-state index in [0.717, 1.165) is 11.3 Å². The molecule has 0 amide bonds. The van der Waals surface area contributed by atoms with Crippen molar-refractivity contribution in [2.45, 2.75) is 19.4 Å². The lowest BCUT2D eigenvalue weighted by Crippen LogP contribution is -2.36. The second-order valence-electron chi connectivity index (χ2n) is 4.54. The number of hydrogen-bond donors (Lipinski definition) is 2. The number of benzene rings is 1. The maximum Gasteiger partial charge on any atom is 0.269 e. The molecule has 0 spiro atoms. The highest BCUT2D eigenvalue weighted by molar-refractivity contribution is 7.98. The van der Waals surface area contributed by atoms with Crippen molar-refractivity contribution in [1.29, 1.82) is 0 Å². The number of anilines is 1. The summed E-state index contributed by atoms with van der Waals surface area (Å²) in [4.78, 5) is 10.2. The second-order valence-corrected chi connectivity index (χ2v) is 5.41. The van der Waals surface area contributed by atoms with Crippen molar-refractivity contribution >= 4 is 23.1 Å². The quantitative estimate of drug-likeness (QED) is 0.613. The lowest BCUT2D eigenvalue weighted by Gasteiger charge is -2.23. The summed E-state index contributed by atoms with van der Waals surface area (Å²) >= 11 is 1.57. The Morgan fingerprint density at radius 3 is 2.72 bits per heavy atom. The molecule has 0 saturated heterocycles. The first-order chi connectivity index (χ1) is 8.35. The van der Waals surface area contributed by atoms with Gasteiger partial charge in [-0.15, -0.1) is 0 Å². The van der Waals surface area contributed by atoms with Crippen LogP contribution in [0.2, 0.25) is 0 Å². The van der Waals surface area contributed by atoms with E-state index in [1.807, 2.05) is 6.26 Å². The molecule has 6 heteroatoms. The Kier molecular flexibility index (Phi) is 4.98. The molecule has 2 N–H and O–H groups in total. The van der Waals surface area contributed by atoms with Gasteiger partial charge in [-0.1, -0.05) is 0 Å². The van der Waals surface area contributed by atoms with E-state index in [1.54, 1.807) is 31.7 Å². The molecule has 1 aromatic carbocycles. The zero-order valence-corrected chi connectivity index (χ0v) is 11.6. The van der Waals surface area contributed by atoms with Crippen molar-refractivity contribution in [3.8, 4) is 0 Å². The summed E-state index contributed by atoms with van der Waals surface area (Å²) in [6.07, 6.45) is 1.94. The molecule has 0 aliphatic carbocycles. The molecule has 100 valence electrons. The predicted octanol–water partition coefficient (Wildman–Crippen LogP) is 2.43. The molecule has 5 nitrogen and oxygen atoms in total. The van der Waals surface area contributed by atoms with Crippen LogP contribution in [0.25, 0.3) is 0 Å². The molecule has 0 aliphatic rings. The zero-order chi connectivity index (χ0) is 13.8. The van der Waals surface area contributed by atoms with E-state index >= 15 is 0 Å². The highest BCUT2D eigenvalue weighted by Crippen LogP contribution is 2.22. The van der Waals surface area contributed by atoms with E-state index in [-0.39, 0.29) is 5.69 Å². The fraction of sp³-hybridized carbons (Fsp3) is 0.500. The van der Waals surface area contributed by atoms with Gasteiger partial charge in [0.05, 0.1) is 10.5 Å². The van der Waals surface area contributed by atoms with E-state index in [9.17, 15) is 15.2 Å². The summed E-state index contributed by atoms with van der Waals surface area (Å²) in [5.74, 6) is 0.631. The molecule has 1 aromatic rings. The summed E-state index contributed by atoms with van der Waals surface area (Å²) in [6.45, 7) is 3.97. The Bertz CT molecular complexity index is 435. The first-order valence-electron chi connectivity index (χ1n) is 5.56. The lowest BCUT2D eigenvalue weighted by atomic mass is 10.1. The van der Waals surface area contributed by atoms with Crippen molar-refractivity contribution in [1.82, 2.24) is 0 Å². The summed E-state index contributed by atoms with van der Waals surface area (Å²) in [5.41, 5.74) is 0.883. The Balaban J connectivity index is 2.71. The van der Waals surface area contributed by atoms with Crippen LogP contribution in [0.1, 0.15) is 12.5 Å². The van der Waals surface area contributed by atoms with Crippen LogP contribution in [0.15, 0.2) is 18.2 Å². The normalized spacial score (nSPS) is 14.0. The third-order valence-corrected chi connectivity index (χ3v) is 3.45. The minimum Gasteiger partial charge on any atom is -0.387 e. The van der Waals surface area contributed by atoms with Crippen molar-refractivity contribution in [3.63, 3.8) is 0 Å². The summed E-state index contributed by atoms with van der Waals surface area (Å²) in [6, 6.07) is 4.65. The van der Waals surface area contributed by atoms with E-state index < -0.39 is 10.5 Å². The number of non-ortho nitro benzene ring substituents is 1. The number of nitrogens with one attached hydrogen (secondary N) is 1. The summed E-state index contributed by atoms with van der Waals surface area (Å²) in [5, 5.41) is 23.7. The number of rotatable bonds is 6. The van der Waals surface area contributed by atoms with Gasteiger partial charge in [-0.3, -0.25) is 10.1 Å². The van der Waals surface area contributed by atoms with Crippen LogP contribution in [0, 0.1) is 17.0 Å². The minimum absolute atomic E-state index is 0.0777. The average molecular weight is 270 g/mol. The Labute approximate surface area is 111 Å². The number of nitro groups is 1. The standard InChI is InChI=1S/C12H18N2O3S/c1-9-6-10(14(16)17)4-5-11(9)13-7-12(2,15)8-18-3/h4-6,13,15H,7-8H2,1-3H3. The number of hydrogen-bond acceptors (Lipinski definition) is 5. The fourth-order valence-electron chi connectivity index (χ4n) is 1.61. The molecule has 0 aliphatic heterocycles. The van der Waals surface area contributed by atoms with Gasteiger partial charge < -0.3 is 10.4 Å². The van der Waals surface area contributed by atoms with Gasteiger partial charge in [0.25, 0.3) is 5.69 Å². The Hall–Kier alpha value is -1.27. The molecule has 0 bridgehead atoms. The van der Waals surface area contributed by atoms with Gasteiger partial charge in [0.2, 0.25) is 0 Å². The van der Waals surface area contributed by atoms with Gasteiger partial charge in [0.1, 0.15) is 0 Å². The van der Waals surface area contributed by atoms with Crippen LogP contribution in [0.5, 0.6) is 0 Å². The topological polar surface area (TPSA) is 75.4 Å². The fourth-order valence-corrected chi connectivity index (χ4v) is 2.33. The first kappa shape index (κ1) is 14.8. The molecule has 1 unspecified atom stereocenters. The third kappa shape index (κ3) is 4.19. The predicted molar refractivity (Wildman–Crippen MR) is 75.3 cm³/mol. The molecule has 0 radical (unpaired) electrons. The molecule has 1 rings (SSSR count). The van der Waals surface area contributed by atoms with Gasteiger partial charge in [0, 0.05) is 30.1 Å². The maximum absolute atomic E-state index is 10.6. The zero-order valence-electron chi connectivity index (χ0n) is 10.8. The molecule has 0 aromatic heterocycles. The van der Waals surface area contributed by atoms with Crippen molar-refractivity contribution < 1.29 is 10.0 Å². The monoisotopic (exact) mass is 270 g/mol. The number of nitrogens with zero attached hydrogens (tertiary/aromatic N) is 1. The molecular formula is C12H18N2O3S. The van der Waals surface area contributed by atoms with Crippen LogP contribution < -0.4 is 5.32 Å². The lowest BCUT2D eigenvalue weighted by molar-refractivity contribution is -0.384. The Morgan fingerprint density at radius 2 is 2.22 bits per heavy atom. The second kappa shape index (κ2) is 6.06. The Morgan fingerprint density at radius 1 is 1.56 bits per heavy atom. The first-order valence-corrected chi connectivity index (χ1v) is 6.95. The van der Waals surface area contributed by atoms with E-state index in [1.165, 1.54) is 12.1 Å². The average Bonchev–Trinajstić information content (AvgIpc) is 2.27. The van der Waals surface area contributed by atoms with Gasteiger partial charge >= 0.3 is 0 Å². The number of aliphatic hydroxyl groups is 1. The van der Waals surface area contributed by atoms with E-state index in [0.29, 0.717) is 12.3 Å². The van der Waals surface area contributed by atoms with Crippen molar-refractivity contribution in [2.24, 2.45) is 0 Å². The third-order valence-electron chi connectivity index (χ3n) is 2.54. The molecule has 1 atom stereocenters. The molecule has 0 saturated carbocycles. The largest absolute Gasteiger partial charge is 0.387 e. The van der Waals surface area contributed by atoms with Crippen LogP contribution in [-0.4, -0.2) is 34.2 Å². The smallest absolute Gasteiger partial charge is 0.269 e. The minimum atomic E-state index is -0.798. The van der Waals surface area contributed by atoms with Crippen LogP contribution in [0.3, 0.4) is 0 Å². The number of aryl methyl sites for hydroxylation is 1. The van der Waals surface area contributed by atoms with E-state index in [4.69, 9.17) is 0 Å². The van der Waals surface area contributed by atoms with Crippen LogP contribution in [0.4, 0.5) is 11.4 Å². The van der Waals surface area contributed by atoms with Gasteiger partial charge in [-0.05, 0) is 31.7 Å². The SMILES string of the molecule is CSCC(C)(O)CNc1ccc([N+](=O)[O-])cc1C. The van der Waals surface area contributed by atoms with Gasteiger partial charge in [-0.25, -0.2) is 0 Å². The maximum atomic E-state index is 10.6. The molecule has 0 heterocycles. The van der Waals surface area contributed by atoms with E-state index in [2.05, 4.69) is 5.32 Å². The van der Waals surface area contributed by atoms with Gasteiger partial charge in [-0.2, -0.15) is 11.8 Å².